The van der Waals surface area contributed by atoms with Crippen molar-refractivity contribution in [3.05, 3.63) is 29.8 Å². The number of benzene rings is 1. The highest BCUT2D eigenvalue weighted by molar-refractivity contribution is 6.89. The van der Waals surface area contributed by atoms with Gasteiger partial charge in [-0.1, -0.05) is 56.7 Å². The third-order valence-electron chi connectivity index (χ3n) is 6.63. The lowest BCUT2D eigenvalue weighted by Gasteiger charge is -2.61. The molecule has 0 aromatic heterocycles. The number of fused-ring (bicyclic) bond motifs is 2. The van der Waals surface area contributed by atoms with E-state index in [1.165, 1.54) is 25.3 Å². The minimum Gasteiger partial charge on any atom is -0.0654 e. The molecule has 118 valence electrons. The molecule has 0 aliphatic heterocycles. The van der Waals surface area contributed by atoms with Crippen molar-refractivity contribution in [3.63, 3.8) is 0 Å². The highest BCUT2D eigenvalue weighted by atomic mass is 35.5. The maximum absolute atomic E-state index is 5.49. The van der Waals surface area contributed by atoms with Crippen LogP contribution in [0.1, 0.15) is 38.7 Å². The van der Waals surface area contributed by atoms with Gasteiger partial charge >= 0.3 is 0 Å². The summed E-state index contributed by atoms with van der Waals surface area (Å²) in [5, 5.41) is 4.02. The van der Waals surface area contributed by atoms with Crippen LogP contribution in [-0.2, 0) is 0 Å². The molecule has 3 aliphatic carbocycles. The third kappa shape index (κ3) is 2.77. The van der Waals surface area contributed by atoms with Gasteiger partial charge in [-0.25, -0.2) is 0 Å². The second kappa shape index (κ2) is 5.73. The topological polar surface area (TPSA) is 0 Å². The second-order valence-electron chi connectivity index (χ2n) is 8.58. The van der Waals surface area contributed by atoms with Crippen molar-refractivity contribution in [1.82, 2.24) is 0 Å². The zero-order chi connectivity index (χ0) is 16.0. The van der Waals surface area contributed by atoms with Gasteiger partial charge in [0, 0.05) is 10.9 Å². The minimum absolute atomic E-state index is 0.604. The minimum atomic E-state index is -1.37. The molecule has 1 aromatic rings. The Morgan fingerprint density at radius 2 is 1.86 bits per heavy atom. The maximum Gasteiger partial charge on any atom is 0.0809 e. The molecule has 3 aliphatic rings. The molecule has 3 atom stereocenters. The van der Waals surface area contributed by atoms with E-state index in [0.717, 1.165) is 23.3 Å². The average Bonchev–Trinajstić information content (AvgIpc) is 2.47. The zero-order valence-electron chi connectivity index (χ0n) is 14.2. The summed E-state index contributed by atoms with van der Waals surface area (Å²) in [6.07, 6.45) is 4.42. The summed E-state index contributed by atoms with van der Waals surface area (Å²) in [5.74, 6) is 5.85. The first-order valence-corrected chi connectivity index (χ1v) is 12.2. The van der Waals surface area contributed by atoms with E-state index in [2.05, 4.69) is 62.5 Å². The summed E-state index contributed by atoms with van der Waals surface area (Å²) in [6.45, 7) is 10.1. The van der Waals surface area contributed by atoms with E-state index in [9.17, 15) is 0 Å². The summed E-state index contributed by atoms with van der Waals surface area (Å²) in [7, 11) is -1.37. The third-order valence-corrected chi connectivity index (χ3v) is 10.2. The second-order valence-corrected chi connectivity index (χ2v) is 13.5. The number of rotatable bonds is 3. The molecule has 22 heavy (non-hydrogen) atoms. The zero-order valence-corrected chi connectivity index (χ0v) is 16.0. The SMILES string of the molecule is CC1(C)[C@H]2CCC(C[Si](C)(C)c3ccc(C#CCl)cc3)[C@@H]1C2. The Morgan fingerprint density at radius 3 is 2.41 bits per heavy atom. The Bertz CT molecular complexity index is 601. The van der Waals surface area contributed by atoms with Gasteiger partial charge in [0.2, 0.25) is 0 Å². The van der Waals surface area contributed by atoms with Crippen LogP contribution < -0.4 is 5.19 Å². The molecule has 0 saturated heterocycles. The van der Waals surface area contributed by atoms with Gasteiger partial charge in [0.15, 0.2) is 0 Å². The largest absolute Gasteiger partial charge is 0.0809 e. The first kappa shape index (κ1) is 16.2. The summed E-state index contributed by atoms with van der Waals surface area (Å²) >= 11 is 5.49. The molecule has 2 heteroatoms. The highest BCUT2D eigenvalue weighted by Gasteiger charge is 2.54. The van der Waals surface area contributed by atoms with Crippen LogP contribution in [0.15, 0.2) is 24.3 Å². The predicted molar refractivity (Wildman–Crippen MR) is 99.2 cm³/mol. The highest BCUT2D eigenvalue weighted by Crippen LogP contribution is 2.62. The van der Waals surface area contributed by atoms with Crippen molar-refractivity contribution >= 4 is 24.9 Å². The maximum atomic E-state index is 5.49. The number of hydrogen-bond donors (Lipinski definition) is 0. The Kier molecular flexibility index (Phi) is 4.21. The Morgan fingerprint density at radius 1 is 1.18 bits per heavy atom. The van der Waals surface area contributed by atoms with Crippen molar-refractivity contribution in [2.75, 3.05) is 0 Å². The predicted octanol–water partition coefficient (Wildman–Crippen LogP) is 5.22. The van der Waals surface area contributed by atoms with Crippen molar-refractivity contribution < 1.29 is 0 Å². The van der Waals surface area contributed by atoms with Crippen molar-refractivity contribution in [3.8, 4) is 11.3 Å². The molecule has 3 fully saturated rings. The van der Waals surface area contributed by atoms with Crippen LogP contribution in [0, 0.1) is 34.5 Å². The fourth-order valence-electron chi connectivity index (χ4n) is 5.04. The molecular weight excluding hydrogens is 304 g/mol. The Labute approximate surface area is 141 Å². The Hall–Kier alpha value is -0.713. The van der Waals surface area contributed by atoms with Gasteiger partial charge < -0.3 is 0 Å². The summed E-state index contributed by atoms with van der Waals surface area (Å²) in [5.41, 5.74) is 1.62. The van der Waals surface area contributed by atoms with Gasteiger partial charge in [-0.2, -0.15) is 0 Å². The van der Waals surface area contributed by atoms with Crippen LogP contribution in [0.4, 0.5) is 0 Å². The molecular formula is C20H27ClSi. The monoisotopic (exact) mass is 330 g/mol. The smallest absolute Gasteiger partial charge is 0.0654 e. The van der Waals surface area contributed by atoms with Gasteiger partial charge in [0.05, 0.1) is 8.07 Å². The van der Waals surface area contributed by atoms with Crippen LogP contribution in [0.3, 0.4) is 0 Å². The van der Waals surface area contributed by atoms with Gasteiger partial charge in [-0.05, 0) is 65.7 Å². The van der Waals surface area contributed by atoms with E-state index in [1.807, 2.05) is 0 Å². The van der Waals surface area contributed by atoms with Gasteiger partial charge in [-0.3, -0.25) is 0 Å². The molecule has 0 heterocycles. The summed E-state index contributed by atoms with van der Waals surface area (Å²) in [4.78, 5) is 0. The molecule has 2 bridgehead atoms. The van der Waals surface area contributed by atoms with Gasteiger partial charge in [0.1, 0.15) is 0 Å². The van der Waals surface area contributed by atoms with Crippen LogP contribution in [0.5, 0.6) is 0 Å². The molecule has 1 unspecified atom stereocenters. The lowest BCUT2D eigenvalue weighted by atomic mass is 9.46. The van der Waals surface area contributed by atoms with E-state index in [-0.39, 0.29) is 0 Å². The molecule has 1 aromatic carbocycles. The normalized spacial score (nSPS) is 29.2. The molecule has 0 amide bonds. The lowest BCUT2D eigenvalue weighted by Crippen LogP contribution is -2.55. The van der Waals surface area contributed by atoms with E-state index in [0.29, 0.717) is 5.41 Å². The van der Waals surface area contributed by atoms with Crippen LogP contribution in [-0.4, -0.2) is 8.07 Å². The lowest BCUT2D eigenvalue weighted by molar-refractivity contribution is -0.0990. The molecule has 0 radical (unpaired) electrons. The van der Waals surface area contributed by atoms with Crippen molar-refractivity contribution in [2.24, 2.45) is 23.2 Å². The molecule has 4 rings (SSSR count). The van der Waals surface area contributed by atoms with Crippen LogP contribution in [0.25, 0.3) is 0 Å². The van der Waals surface area contributed by atoms with E-state index < -0.39 is 8.07 Å². The van der Waals surface area contributed by atoms with E-state index in [4.69, 9.17) is 11.6 Å². The van der Waals surface area contributed by atoms with Gasteiger partial charge in [-0.15, -0.1) is 0 Å². The van der Waals surface area contributed by atoms with Crippen molar-refractivity contribution in [2.45, 2.75) is 52.2 Å². The van der Waals surface area contributed by atoms with Crippen molar-refractivity contribution in [1.29, 1.82) is 0 Å². The van der Waals surface area contributed by atoms with E-state index in [1.54, 1.807) is 5.19 Å². The first-order chi connectivity index (χ1) is 10.3. The number of hydrogen-bond acceptors (Lipinski definition) is 0. The Balaban J connectivity index is 1.74. The summed E-state index contributed by atoms with van der Waals surface area (Å²) < 4.78 is 0. The standard InChI is InChI=1S/C20H27ClSi/c1-20(2)17-8-7-16(19(20)13-17)14-22(3,4)18-9-5-15(6-10-18)11-12-21/h5-6,9-10,16-17,19H,7-8,13-14H2,1-4H3/t16?,17-,19-/m0/s1. The molecule has 0 nitrogen and oxygen atoms in total. The molecule has 0 spiro atoms. The van der Waals surface area contributed by atoms with Crippen LogP contribution >= 0.6 is 11.6 Å². The fraction of sp³-hybridized carbons (Fsp3) is 0.600. The molecule has 3 saturated carbocycles. The average molecular weight is 331 g/mol. The van der Waals surface area contributed by atoms with Gasteiger partial charge in [0.25, 0.3) is 0 Å². The van der Waals surface area contributed by atoms with E-state index >= 15 is 0 Å². The molecule has 0 N–H and O–H groups in total. The fourth-order valence-corrected chi connectivity index (χ4v) is 8.25. The van der Waals surface area contributed by atoms with Crippen LogP contribution in [0.2, 0.25) is 19.1 Å². The quantitative estimate of drug-likeness (QED) is 0.526. The summed E-state index contributed by atoms with van der Waals surface area (Å²) in [6, 6.07) is 10.3. The first-order valence-electron chi connectivity index (χ1n) is 8.57. The number of halogens is 1.